The number of ether oxygens (including phenoxy) is 1. The number of fused-ring (bicyclic) bond motifs is 1. The van der Waals surface area contributed by atoms with Crippen LogP contribution >= 0.6 is 0 Å². The second-order valence-electron chi connectivity index (χ2n) is 6.65. The number of anilines is 1. The van der Waals surface area contributed by atoms with Crippen molar-refractivity contribution in [3.05, 3.63) is 29.1 Å². The highest BCUT2D eigenvalue weighted by Gasteiger charge is 2.23. The van der Waals surface area contributed by atoms with Gasteiger partial charge in [-0.1, -0.05) is 25.8 Å². The van der Waals surface area contributed by atoms with E-state index in [-0.39, 0.29) is 30.1 Å². The molecule has 2 aliphatic rings. The van der Waals surface area contributed by atoms with Crippen LogP contribution in [0.15, 0.2) is 12.1 Å². The molecule has 4 nitrogen and oxygen atoms in total. The highest BCUT2D eigenvalue weighted by molar-refractivity contribution is 5.92. The van der Waals surface area contributed by atoms with E-state index in [0.717, 1.165) is 31.4 Å². The average Bonchev–Trinajstić information content (AvgIpc) is 2.57. The first-order chi connectivity index (χ1) is 11.1. The van der Waals surface area contributed by atoms with Crippen LogP contribution in [0, 0.1) is 11.7 Å². The van der Waals surface area contributed by atoms with Gasteiger partial charge in [-0.05, 0) is 48.9 Å². The van der Waals surface area contributed by atoms with Gasteiger partial charge in [0.2, 0.25) is 5.91 Å². The van der Waals surface area contributed by atoms with E-state index in [1.165, 1.54) is 6.42 Å². The van der Waals surface area contributed by atoms with Crippen LogP contribution in [0.3, 0.4) is 0 Å². The van der Waals surface area contributed by atoms with E-state index in [1.54, 1.807) is 6.07 Å². The number of amides is 1. The zero-order valence-electron chi connectivity index (χ0n) is 13.7. The molecular weight excluding hydrogens is 295 g/mol. The molecule has 1 aliphatic heterocycles. The van der Waals surface area contributed by atoms with Gasteiger partial charge in [-0.25, -0.2) is 4.39 Å². The molecule has 23 heavy (non-hydrogen) atoms. The molecule has 1 aromatic rings. The van der Waals surface area contributed by atoms with E-state index in [4.69, 9.17) is 4.74 Å². The van der Waals surface area contributed by atoms with Gasteiger partial charge in [0.1, 0.15) is 12.4 Å². The van der Waals surface area contributed by atoms with Crippen molar-refractivity contribution in [3.63, 3.8) is 0 Å². The van der Waals surface area contributed by atoms with Crippen molar-refractivity contribution < 1.29 is 13.9 Å². The summed E-state index contributed by atoms with van der Waals surface area (Å²) in [6.07, 6.45) is 5.36. The number of carbonyl (C=O) groups excluding carboxylic acids is 1. The molecule has 0 radical (unpaired) electrons. The van der Waals surface area contributed by atoms with Crippen LogP contribution in [0.5, 0.6) is 0 Å². The predicted molar refractivity (Wildman–Crippen MR) is 87.8 cm³/mol. The minimum Gasteiger partial charge on any atom is -0.368 e. The molecule has 1 saturated carbocycles. The van der Waals surface area contributed by atoms with Gasteiger partial charge >= 0.3 is 0 Å². The van der Waals surface area contributed by atoms with Crippen molar-refractivity contribution in [1.82, 2.24) is 5.32 Å². The third-order valence-corrected chi connectivity index (χ3v) is 4.94. The minimum absolute atomic E-state index is 0.00686. The number of carbonyl (C=O) groups is 1. The van der Waals surface area contributed by atoms with Crippen LogP contribution in [0.4, 0.5) is 10.1 Å². The second kappa shape index (κ2) is 7.41. The summed E-state index contributed by atoms with van der Waals surface area (Å²) in [4.78, 5) is 12.1. The predicted octanol–water partition coefficient (Wildman–Crippen LogP) is 3.01. The van der Waals surface area contributed by atoms with Crippen molar-refractivity contribution in [1.29, 1.82) is 0 Å². The van der Waals surface area contributed by atoms with E-state index in [1.807, 2.05) is 6.07 Å². The van der Waals surface area contributed by atoms with Gasteiger partial charge < -0.3 is 15.4 Å². The number of halogens is 1. The zero-order chi connectivity index (χ0) is 16.2. The lowest BCUT2D eigenvalue weighted by atomic mass is 9.88. The zero-order valence-corrected chi connectivity index (χ0v) is 13.7. The summed E-state index contributed by atoms with van der Waals surface area (Å²) in [7, 11) is 0. The van der Waals surface area contributed by atoms with Gasteiger partial charge in [0.25, 0.3) is 0 Å². The molecule has 0 bridgehead atoms. The van der Waals surface area contributed by atoms with Gasteiger partial charge in [0.05, 0.1) is 11.8 Å². The standard InChI is InChI=1S/C18H25FN2O2/c1-12-4-2-3-5-16(12)23-11-17(22)21-15-7-6-13-10-20-9-8-14(13)18(15)19/h6-7,12,16,20H,2-5,8-11H2,1H3,(H,21,22). The quantitative estimate of drug-likeness (QED) is 0.896. The summed E-state index contributed by atoms with van der Waals surface area (Å²) in [5, 5.41) is 5.87. The summed E-state index contributed by atoms with van der Waals surface area (Å²) < 4.78 is 20.2. The van der Waals surface area contributed by atoms with Crippen LogP contribution in [0.1, 0.15) is 43.7 Å². The maximum atomic E-state index is 14.5. The monoisotopic (exact) mass is 320 g/mol. The first-order valence-corrected chi connectivity index (χ1v) is 8.57. The Bertz CT molecular complexity index is 576. The number of hydrogen-bond donors (Lipinski definition) is 2. The molecule has 5 heteroatoms. The second-order valence-corrected chi connectivity index (χ2v) is 6.65. The van der Waals surface area contributed by atoms with Gasteiger partial charge in [-0.15, -0.1) is 0 Å². The van der Waals surface area contributed by atoms with Crippen LogP contribution in [0.2, 0.25) is 0 Å². The molecule has 126 valence electrons. The summed E-state index contributed by atoms with van der Waals surface area (Å²) in [5.74, 6) is -0.0940. The van der Waals surface area contributed by atoms with E-state index in [0.29, 0.717) is 24.4 Å². The van der Waals surface area contributed by atoms with Gasteiger partial charge in [-0.3, -0.25) is 4.79 Å². The summed E-state index contributed by atoms with van der Waals surface area (Å²) in [5.41, 5.74) is 1.94. The van der Waals surface area contributed by atoms with Gasteiger partial charge in [0.15, 0.2) is 0 Å². The Morgan fingerprint density at radius 3 is 3.04 bits per heavy atom. The maximum absolute atomic E-state index is 14.5. The minimum atomic E-state index is -0.302. The molecule has 2 N–H and O–H groups in total. The van der Waals surface area contributed by atoms with Gasteiger partial charge in [0, 0.05) is 6.54 Å². The van der Waals surface area contributed by atoms with E-state index in [9.17, 15) is 9.18 Å². The summed E-state index contributed by atoms with van der Waals surface area (Å²) in [6, 6.07) is 3.52. The van der Waals surface area contributed by atoms with Gasteiger partial charge in [-0.2, -0.15) is 0 Å². The van der Waals surface area contributed by atoms with E-state index < -0.39 is 0 Å². The number of nitrogens with one attached hydrogen (secondary N) is 2. The van der Waals surface area contributed by atoms with Crippen LogP contribution in [0.25, 0.3) is 0 Å². The topological polar surface area (TPSA) is 50.4 Å². The Morgan fingerprint density at radius 1 is 1.39 bits per heavy atom. The third-order valence-electron chi connectivity index (χ3n) is 4.94. The summed E-state index contributed by atoms with van der Waals surface area (Å²) >= 11 is 0. The molecule has 0 spiro atoms. The van der Waals surface area contributed by atoms with Crippen molar-refractivity contribution in [2.24, 2.45) is 5.92 Å². The average molecular weight is 320 g/mol. The molecule has 1 fully saturated rings. The SMILES string of the molecule is CC1CCCCC1OCC(=O)Nc1ccc2c(c1F)CCNC2. The normalized spacial score (nSPS) is 24.1. The maximum Gasteiger partial charge on any atom is 0.250 e. The lowest BCUT2D eigenvalue weighted by molar-refractivity contribution is -0.124. The Hall–Kier alpha value is -1.46. The van der Waals surface area contributed by atoms with E-state index in [2.05, 4.69) is 17.6 Å². The molecule has 0 aromatic heterocycles. The van der Waals surface area contributed by atoms with Crippen LogP contribution < -0.4 is 10.6 Å². The third kappa shape index (κ3) is 3.90. The summed E-state index contributed by atoms with van der Waals surface area (Å²) in [6.45, 7) is 3.61. The fourth-order valence-electron chi connectivity index (χ4n) is 3.53. The smallest absolute Gasteiger partial charge is 0.250 e. The molecule has 1 amide bonds. The van der Waals surface area contributed by atoms with Crippen molar-refractivity contribution in [3.8, 4) is 0 Å². The van der Waals surface area contributed by atoms with Crippen LogP contribution in [-0.4, -0.2) is 25.2 Å². The lowest BCUT2D eigenvalue weighted by Crippen LogP contribution is -2.30. The van der Waals surface area contributed by atoms with Crippen molar-refractivity contribution >= 4 is 11.6 Å². The molecule has 2 atom stereocenters. The Labute approximate surface area is 136 Å². The molecule has 2 unspecified atom stereocenters. The lowest BCUT2D eigenvalue weighted by Gasteiger charge is -2.28. The number of benzene rings is 1. The fraction of sp³-hybridized carbons (Fsp3) is 0.611. The molecule has 0 saturated heterocycles. The first-order valence-electron chi connectivity index (χ1n) is 8.57. The Kier molecular flexibility index (Phi) is 5.28. The highest BCUT2D eigenvalue weighted by atomic mass is 19.1. The molecule has 1 aliphatic carbocycles. The molecule has 1 aromatic carbocycles. The Morgan fingerprint density at radius 2 is 2.22 bits per heavy atom. The Balaban J connectivity index is 1.57. The van der Waals surface area contributed by atoms with Crippen LogP contribution in [-0.2, 0) is 22.5 Å². The van der Waals surface area contributed by atoms with Crippen molar-refractivity contribution in [2.45, 2.75) is 51.7 Å². The molecule has 3 rings (SSSR count). The number of hydrogen-bond acceptors (Lipinski definition) is 3. The first kappa shape index (κ1) is 16.4. The largest absolute Gasteiger partial charge is 0.368 e. The highest BCUT2D eigenvalue weighted by Crippen LogP contribution is 2.27. The molecule has 1 heterocycles. The van der Waals surface area contributed by atoms with Crippen molar-refractivity contribution in [2.75, 3.05) is 18.5 Å². The number of rotatable bonds is 4. The molecular formula is C18H25FN2O2. The van der Waals surface area contributed by atoms with E-state index >= 15 is 0 Å². The fourth-order valence-corrected chi connectivity index (χ4v) is 3.53.